The number of hydrogen-bond donors (Lipinski definition) is 1. The number of benzene rings is 3. The molecule has 0 saturated heterocycles. The predicted octanol–water partition coefficient (Wildman–Crippen LogP) is 3.07. The number of nitrogens with zero attached hydrogens (tertiary/aromatic N) is 2. The Labute approximate surface area is 227 Å². The van der Waals surface area contributed by atoms with Gasteiger partial charge in [0.25, 0.3) is 5.91 Å². The third kappa shape index (κ3) is 7.18. The Morgan fingerprint density at radius 2 is 1.44 bits per heavy atom. The summed E-state index contributed by atoms with van der Waals surface area (Å²) in [6, 6.07) is 16.5. The third-order valence-corrected chi connectivity index (χ3v) is 7.39. The van der Waals surface area contributed by atoms with E-state index in [-0.39, 0.29) is 17.2 Å². The van der Waals surface area contributed by atoms with Crippen LogP contribution >= 0.6 is 0 Å². The number of hydrazone groups is 1. The van der Waals surface area contributed by atoms with Gasteiger partial charge in [0.2, 0.25) is 15.8 Å². The molecule has 0 aromatic heterocycles. The molecule has 0 radical (unpaired) electrons. The molecule has 208 valence electrons. The van der Waals surface area contributed by atoms with Gasteiger partial charge in [0.15, 0.2) is 23.0 Å². The maximum Gasteiger partial charge on any atom is 0.255 e. The molecule has 1 N–H and O–H groups in total. The molecule has 0 aliphatic rings. The van der Waals surface area contributed by atoms with E-state index in [9.17, 15) is 13.2 Å². The summed E-state index contributed by atoms with van der Waals surface area (Å²) in [5.74, 6) is 1.23. The minimum atomic E-state index is -4.12. The fourth-order valence-corrected chi connectivity index (χ4v) is 5.09. The molecular formula is C27H31N3O8S. The Morgan fingerprint density at radius 3 is 2.00 bits per heavy atom. The first-order chi connectivity index (χ1) is 18.8. The van der Waals surface area contributed by atoms with Gasteiger partial charge in [0.1, 0.15) is 0 Å². The second kappa shape index (κ2) is 13.5. The van der Waals surface area contributed by atoms with Crippen molar-refractivity contribution in [2.45, 2.75) is 11.4 Å². The fraction of sp³-hybridized carbons (Fsp3) is 0.259. The SMILES string of the molecule is COc1ccc(S(=O)(=O)N(CC(=O)N/N=C\c2cc(OC)c(OC)c(OC)c2)Cc2ccccc2)cc1OC. The minimum absolute atomic E-state index is 0.0401. The van der Waals surface area contributed by atoms with Gasteiger partial charge in [-0.2, -0.15) is 9.41 Å². The van der Waals surface area contributed by atoms with Crippen LogP contribution in [0.25, 0.3) is 0 Å². The van der Waals surface area contributed by atoms with E-state index in [1.807, 2.05) is 6.07 Å². The van der Waals surface area contributed by atoms with E-state index in [0.717, 1.165) is 4.31 Å². The first-order valence-electron chi connectivity index (χ1n) is 11.6. The van der Waals surface area contributed by atoms with Crippen LogP contribution < -0.4 is 29.1 Å². The second-order valence-electron chi connectivity index (χ2n) is 8.03. The second-order valence-corrected chi connectivity index (χ2v) is 9.97. The van der Waals surface area contributed by atoms with Crippen LogP contribution in [-0.4, -0.2) is 66.9 Å². The van der Waals surface area contributed by atoms with Crippen molar-refractivity contribution in [3.8, 4) is 28.7 Å². The zero-order chi connectivity index (χ0) is 28.4. The lowest BCUT2D eigenvalue weighted by Gasteiger charge is -2.22. The van der Waals surface area contributed by atoms with Crippen LogP contribution in [0, 0.1) is 0 Å². The van der Waals surface area contributed by atoms with E-state index in [2.05, 4.69) is 10.5 Å². The van der Waals surface area contributed by atoms with E-state index in [1.165, 1.54) is 60.0 Å². The molecule has 3 rings (SSSR count). The Kier molecular flexibility index (Phi) is 10.1. The van der Waals surface area contributed by atoms with Gasteiger partial charge in [-0.15, -0.1) is 0 Å². The highest BCUT2D eigenvalue weighted by atomic mass is 32.2. The zero-order valence-electron chi connectivity index (χ0n) is 22.3. The zero-order valence-corrected chi connectivity index (χ0v) is 23.2. The lowest BCUT2D eigenvalue weighted by molar-refractivity contribution is -0.121. The van der Waals surface area contributed by atoms with Crippen LogP contribution in [-0.2, 0) is 21.4 Å². The number of carbonyl (C=O) groups excluding carboxylic acids is 1. The van der Waals surface area contributed by atoms with Gasteiger partial charge >= 0.3 is 0 Å². The summed E-state index contributed by atoms with van der Waals surface area (Å²) >= 11 is 0. The van der Waals surface area contributed by atoms with Crippen LogP contribution in [0.3, 0.4) is 0 Å². The standard InChI is InChI=1S/C27H31N3O8S/c1-34-22-12-11-21(15-23(22)35-2)39(32,33)30(17-19-9-7-6-8-10-19)18-26(31)29-28-16-20-13-24(36-3)27(38-5)25(14-20)37-4/h6-16H,17-18H2,1-5H3,(H,29,31)/b28-16-. The molecule has 39 heavy (non-hydrogen) atoms. The van der Waals surface area contributed by atoms with Gasteiger partial charge in [0, 0.05) is 18.2 Å². The largest absolute Gasteiger partial charge is 0.493 e. The number of sulfonamides is 1. The molecule has 0 atom stereocenters. The summed E-state index contributed by atoms with van der Waals surface area (Å²) < 4.78 is 54.7. The predicted molar refractivity (Wildman–Crippen MR) is 145 cm³/mol. The van der Waals surface area contributed by atoms with Crippen molar-refractivity contribution in [2.75, 3.05) is 42.1 Å². The van der Waals surface area contributed by atoms with Crippen molar-refractivity contribution in [3.63, 3.8) is 0 Å². The summed E-state index contributed by atoms with van der Waals surface area (Å²) in [7, 11) is 3.21. The van der Waals surface area contributed by atoms with Gasteiger partial charge < -0.3 is 23.7 Å². The summed E-state index contributed by atoms with van der Waals surface area (Å²) in [5, 5.41) is 3.98. The van der Waals surface area contributed by atoms with Crippen molar-refractivity contribution in [1.82, 2.24) is 9.73 Å². The number of amides is 1. The number of carbonyl (C=O) groups is 1. The lowest BCUT2D eigenvalue weighted by Crippen LogP contribution is -2.39. The molecule has 0 aliphatic heterocycles. The molecule has 0 bridgehead atoms. The highest BCUT2D eigenvalue weighted by molar-refractivity contribution is 7.89. The quantitative estimate of drug-likeness (QED) is 0.251. The van der Waals surface area contributed by atoms with E-state index in [0.29, 0.717) is 34.1 Å². The molecule has 3 aromatic rings. The molecule has 0 heterocycles. The molecular weight excluding hydrogens is 526 g/mol. The Balaban J connectivity index is 1.84. The number of ether oxygens (including phenoxy) is 5. The smallest absolute Gasteiger partial charge is 0.255 e. The summed E-state index contributed by atoms with van der Waals surface area (Å²) in [6.45, 7) is -0.528. The van der Waals surface area contributed by atoms with Gasteiger partial charge in [-0.25, -0.2) is 13.8 Å². The molecule has 0 fully saturated rings. The van der Waals surface area contributed by atoms with E-state index in [1.54, 1.807) is 36.4 Å². The fourth-order valence-electron chi connectivity index (χ4n) is 3.69. The number of nitrogens with one attached hydrogen (secondary N) is 1. The number of hydrogen-bond acceptors (Lipinski definition) is 9. The Bertz CT molecular complexity index is 1390. The van der Waals surface area contributed by atoms with Gasteiger partial charge in [-0.05, 0) is 29.8 Å². The van der Waals surface area contributed by atoms with E-state index >= 15 is 0 Å². The summed E-state index contributed by atoms with van der Waals surface area (Å²) in [5.41, 5.74) is 3.65. The monoisotopic (exact) mass is 557 g/mol. The molecule has 3 aromatic carbocycles. The number of methoxy groups -OCH3 is 5. The minimum Gasteiger partial charge on any atom is -0.493 e. The van der Waals surface area contributed by atoms with Gasteiger partial charge in [0.05, 0.1) is 53.2 Å². The highest BCUT2D eigenvalue weighted by Crippen LogP contribution is 2.37. The molecule has 1 amide bonds. The van der Waals surface area contributed by atoms with Crippen LogP contribution in [0.5, 0.6) is 28.7 Å². The summed E-state index contributed by atoms with van der Waals surface area (Å²) in [4.78, 5) is 12.8. The third-order valence-electron chi connectivity index (χ3n) is 5.60. The first-order valence-corrected chi connectivity index (χ1v) is 13.1. The molecule has 11 nitrogen and oxygen atoms in total. The Morgan fingerprint density at radius 1 is 0.821 bits per heavy atom. The first kappa shape index (κ1) is 29.3. The molecule has 0 spiro atoms. The van der Waals surface area contributed by atoms with Crippen molar-refractivity contribution in [3.05, 3.63) is 71.8 Å². The van der Waals surface area contributed by atoms with E-state index in [4.69, 9.17) is 23.7 Å². The highest BCUT2D eigenvalue weighted by Gasteiger charge is 2.28. The normalized spacial score (nSPS) is 11.3. The molecule has 0 unspecified atom stereocenters. The maximum absolute atomic E-state index is 13.6. The molecule has 0 saturated carbocycles. The van der Waals surface area contributed by atoms with Crippen molar-refractivity contribution in [2.24, 2.45) is 5.10 Å². The lowest BCUT2D eigenvalue weighted by atomic mass is 10.2. The average Bonchev–Trinajstić information content (AvgIpc) is 2.96. The van der Waals surface area contributed by atoms with E-state index < -0.39 is 22.5 Å². The van der Waals surface area contributed by atoms with Crippen molar-refractivity contribution < 1.29 is 36.9 Å². The Hall–Kier alpha value is -4.29. The van der Waals surface area contributed by atoms with Crippen LogP contribution in [0.4, 0.5) is 0 Å². The van der Waals surface area contributed by atoms with Gasteiger partial charge in [-0.1, -0.05) is 30.3 Å². The van der Waals surface area contributed by atoms with Crippen LogP contribution in [0.1, 0.15) is 11.1 Å². The topological polar surface area (TPSA) is 125 Å². The number of rotatable bonds is 13. The average molecular weight is 558 g/mol. The molecule has 0 aliphatic carbocycles. The van der Waals surface area contributed by atoms with Crippen molar-refractivity contribution in [1.29, 1.82) is 0 Å². The molecule has 12 heteroatoms. The van der Waals surface area contributed by atoms with Crippen molar-refractivity contribution >= 4 is 22.1 Å². The van der Waals surface area contributed by atoms with Crippen LogP contribution in [0.15, 0.2) is 70.7 Å². The van der Waals surface area contributed by atoms with Crippen LogP contribution in [0.2, 0.25) is 0 Å². The van der Waals surface area contributed by atoms with Gasteiger partial charge in [-0.3, -0.25) is 4.79 Å². The maximum atomic E-state index is 13.6. The summed E-state index contributed by atoms with van der Waals surface area (Å²) in [6.07, 6.45) is 1.38.